The zero-order valence-corrected chi connectivity index (χ0v) is 16.9. The first-order valence-corrected chi connectivity index (χ1v) is 10.8. The van der Waals surface area contributed by atoms with Crippen molar-refractivity contribution in [1.29, 1.82) is 0 Å². The summed E-state index contributed by atoms with van der Waals surface area (Å²) in [6.07, 6.45) is 3.77. The van der Waals surface area contributed by atoms with Gasteiger partial charge >= 0.3 is 0 Å². The van der Waals surface area contributed by atoms with Crippen molar-refractivity contribution in [3.63, 3.8) is 0 Å². The van der Waals surface area contributed by atoms with Gasteiger partial charge in [-0.1, -0.05) is 18.2 Å². The number of carbonyl (C=O) groups is 2. The lowest BCUT2D eigenvalue weighted by Crippen LogP contribution is -2.32. The van der Waals surface area contributed by atoms with Gasteiger partial charge in [-0.05, 0) is 67.1 Å². The van der Waals surface area contributed by atoms with Gasteiger partial charge in [-0.2, -0.15) is 0 Å². The third-order valence-corrected chi connectivity index (χ3v) is 6.95. The van der Waals surface area contributed by atoms with Crippen LogP contribution in [-0.4, -0.2) is 18.2 Å². The third-order valence-electron chi connectivity index (χ3n) is 5.70. The molecule has 5 rings (SSSR count). The van der Waals surface area contributed by atoms with Crippen LogP contribution in [0.2, 0.25) is 0 Å². The number of nitrogens with zero attached hydrogens (tertiary/aromatic N) is 1. The van der Waals surface area contributed by atoms with Crippen LogP contribution in [0.3, 0.4) is 0 Å². The zero-order chi connectivity index (χ0) is 20.0. The Labute approximate surface area is 174 Å². The van der Waals surface area contributed by atoms with E-state index in [1.165, 1.54) is 12.8 Å². The van der Waals surface area contributed by atoms with Crippen molar-refractivity contribution in [3.8, 4) is 10.4 Å². The standard InChI is InChI=1S/C24H22N2O2S/c25-18-9-7-16(8-10-18)24(28)26-12-11-17-14-22(21(27)13-15-5-6-15)29-23(17)19-3-1-2-4-20(19)26/h1-4,7-10,14-15H,5-6,11-13,25H2. The zero-order valence-electron chi connectivity index (χ0n) is 16.1. The molecule has 1 aliphatic heterocycles. The Morgan fingerprint density at radius 1 is 1.07 bits per heavy atom. The van der Waals surface area contributed by atoms with E-state index in [0.29, 0.717) is 30.1 Å². The van der Waals surface area contributed by atoms with E-state index in [2.05, 4.69) is 6.07 Å². The number of Topliss-reactive ketones (excluding diaryl/α,β-unsaturated/α-hetero) is 1. The second-order valence-electron chi connectivity index (χ2n) is 7.88. The highest BCUT2D eigenvalue weighted by Gasteiger charge is 2.29. The van der Waals surface area contributed by atoms with Crippen LogP contribution >= 0.6 is 11.3 Å². The van der Waals surface area contributed by atoms with Crippen molar-refractivity contribution < 1.29 is 9.59 Å². The minimum atomic E-state index is -0.0300. The largest absolute Gasteiger partial charge is 0.399 e. The molecule has 2 aliphatic rings. The number of rotatable bonds is 4. The van der Waals surface area contributed by atoms with E-state index < -0.39 is 0 Å². The van der Waals surface area contributed by atoms with Gasteiger partial charge in [0.25, 0.3) is 5.91 Å². The van der Waals surface area contributed by atoms with Crippen molar-refractivity contribution >= 4 is 34.4 Å². The number of thiophene rings is 1. The molecule has 0 spiro atoms. The Balaban J connectivity index is 1.51. The smallest absolute Gasteiger partial charge is 0.258 e. The summed E-state index contributed by atoms with van der Waals surface area (Å²) in [4.78, 5) is 29.7. The van der Waals surface area contributed by atoms with Crippen LogP contribution in [0.4, 0.5) is 11.4 Å². The van der Waals surface area contributed by atoms with Crippen molar-refractivity contribution in [2.75, 3.05) is 17.2 Å². The molecule has 0 saturated heterocycles. The van der Waals surface area contributed by atoms with Crippen molar-refractivity contribution in [1.82, 2.24) is 0 Å². The van der Waals surface area contributed by atoms with Crippen LogP contribution in [0.15, 0.2) is 54.6 Å². The molecule has 1 saturated carbocycles. The summed E-state index contributed by atoms with van der Waals surface area (Å²) in [6, 6.07) is 17.1. The number of amides is 1. The minimum Gasteiger partial charge on any atom is -0.399 e. The Bertz CT molecular complexity index is 1100. The lowest BCUT2D eigenvalue weighted by atomic mass is 10.1. The Hall–Kier alpha value is -2.92. The van der Waals surface area contributed by atoms with Crippen LogP contribution in [0.5, 0.6) is 0 Å². The van der Waals surface area contributed by atoms with E-state index in [-0.39, 0.29) is 11.7 Å². The first kappa shape index (κ1) is 18.1. The van der Waals surface area contributed by atoms with Gasteiger partial charge < -0.3 is 10.6 Å². The van der Waals surface area contributed by atoms with E-state index in [1.807, 2.05) is 29.2 Å². The SMILES string of the molecule is Nc1ccc(C(=O)N2CCc3cc(C(=O)CC4CC4)sc3-c3ccccc32)cc1. The number of para-hydroxylation sites is 1. The molecule has 0 bridgehead atoms. The minimum absolute atomic E-state index is 0.0300. The Morgan fingerprint density at radius 2 is 1.83 bits per heavy atom. The van der Waals surface area contributed by atoms with E-state index in [9.17, 15) is 9.59 Å². The molecule has 1 amide bonds. The van der Waals surface area contributed by atoms with Gasteiger partial charge in [0.1, 0.15) is 0 Å². The van der Waals surface area contributed by atoms with Gasteiger partial charge in [0.05, 0.1) is 10.6 Å². The van der Waals surface area contributed by atoms with Crippen LogP contribution in [0.25, 0.3) is 10.4 Å². The highest BCUT2D eigenvalue weighted by molar-refractivity contribution is 7.17. The third kappa shape index (κ3) is 3.47. The predicted molar refractivity (Wildman–Crippen MR) is 118 cm³/mol. The summed E-state index contributed by atoms with van der Waals surface area (Å²) >= 11 is 1.58. The van der Waals surface area contributed by atoms with Gasteiger partial charge in [-0.15, -0.1) is 11.3 Å². The van der Waals surface area contributed by atoms with Crippen molar-refractivity contribution in [3.05, 3.63) is 70.6 Å². The second kappa shape index (κ2) is 7.16. The molecular weight excluding hydrogens is 380 g/mol. The molecule has 0 unspecified atom stereocenters. The quantitative estimate of drug-likeness (QED) is 0.483. The van der Waals surface area contributed by atoms with Gasteiger partial charge in [0.2, 0.25) is 0 Å². The molecule has 2 N–H and O–H groups in total. The summed E-state index contributed by atoms with van der Waals surface area (Å²) in [5, 5.41) is 0. The lowest BCUT2D eigenvalue weighted by molar-refractivity contribution is 0.0974. The maximum absolute atomic E-state index is 13.2. The molecule has 2 aromatic carbocycles. The van der Waals surface area contributed by atoms with Gasteiger partial charge in [-0.25, -0.2) is 0 Å². The fraction of sp³-hybridized carbons (Fsp3) is 0.250. The Kier molecular flexibility index (Phi) is 4.47. The molecule has 4 nitrogen and oxygen atoms in total. The number of anilines is 2. The number of fused-ring (bicyclic) bond motifs is 3. The summed E-state index contributed by atoms with van der Waals surface area (Å²) in [5.41, 5.74) is 10.1. The molecule has 1 fully saturated rings. The molecule has 3 aromatic rings. The van der Waals surface area contributed by atoms with E-state index in [4.69, 9.17) is 5.73 Å². The summed E-state index contributed by atoms with van der Waals surface area (Å²) < 4.78 is 0. The average Bonchev–Trinajstić information content (AvgIpc) is 3.47. The predicted octanol–water partition coefficient (Wildman–Crippen LogP) is 5.18. The fourth-order valence-corrected chi connectivity index (χ4v) is 5.10. The van der Waals surface area contributed by atoms with E-state index in [1.54, 1.807) is 35.6 Å². The number of carbonyl (C=O) groups excluding carboxylic acids is 2. The maximum Gasteiger partial charge on any atom is 0.258 e. The van der Waals surface area contributed by atoms with Crippen LogP contribution < -0.4 is 10.6 Å². The summed E-state index contributed by atoms with van der Waals surface area (Å²) in [5.74, 6) is 0.820. The molecule has 146 valence electrons. The summed E-state index contributed by atoms with van der Waals surface area (Å²) in [6.45, 7) is 0.584. The molecule has 5 heteroatoms. The highest BCUT2D eigenvalue weighted by Crippen LogP contribution is 2.43. The maximum atomic E-state index is 13.2. The van der Waals surface area contributed by atoms with Crippen LogP contribution in [0.1, 0.15) is 44.9 Å². The lowest BCUT2D eigenvalue weighted by Gasteiger charge is -2.23. The van der Waals surface area contributed by atoms with Crippen LogP contribution in [-0.2, 0) is 6.42 Å². The number of hydrogen-bond donors (Lipinski definition) is 1. The molecule has 0 radical (unpaired) electrons. The highest BCUT2D eigenvalue weighted by atomic mass is 32.1. The number of benzene rings is 2. The van der Waals surface area contributed by atoms with Gasteiger partial charge in [-0.3, -0.25) is 9.59 Å². The van der Waals surface area contributed by atoms with E-state index >= 15 is 0 Å². The number of nitrogen functional groups attached to an aromatic ring is 1. The Morgan fingerprint density at radius 3 is 2.59 bits per heavy atom. The molecule has 0 atom stereocenters. The number of ketones is 1. The normalized spacial score (nSPS) is 15.4. The fourth-order valence-electron chi connectivity index (χ4n) is 3.91. The van der Waals surface area contributed by atoms with Gasteiger partial charge in [0.15, 0.2) is 5.78 Å². The van der Waals surface area contributed by atoms with Crippen LogP contribution in [0, 0.1) is 5.92 Å². The second-order valence-corrected chi connectivity index (χ2v) is 8.93. The monoisotopic (exact) mass is 402 g/mol. The first-order chi connectivity index (χ1) is 14.1. The molecular formula is C24H22N2O2S. The molecule has 29 heavy (non-hydrogen) atoms. The number of nitrogens with two attached hydrogens (primary N) is 1. The van der Waals surface area contributed by atoms with Gasteiger partial charge in [0, 0.05) is 34.7 Å². The first-order valence-electron chi connectivity index (χ1n) is 10.0. The molecule has 2 heterocycles. The summed E-state index contributed by atoms with van der Waals surface area (Å²) in [7, 11) is 0. The topological polar surface area (TPSA) is 63.4 Å². The van der Waals surface area contributed by atoms with Crippen molar-refractivity contribution in [2.45, 2.75) is 25.7 Å². The number of hydrogen-bond acceptors (Lipinski definition) is 4. The molecule has 1 aromatic heterocycles. The molecule has 1 aliphatic carbocycles. The van der Waals surface area contributed by atoms with E-state index in [0.717, 1.165) is 33.0 Å². The van der Waals surface area contributed by atoms with Crippen molar-refractivity contribution in [2.24, 2.45) is 5.92 Å². The average molecular weight is 403 g/mol.